The molecule has 4 rings (SSSR count). The number of anilines is 1. The average molecular weight is 431 g/mol. The van der Waals surface area contributed by atoms with E-state index >= 15 is 0 Å². The van der Waals surface area contributed by atoms with E-state index < -0.39 is 18.5 Å². The summed E-state index contributed by atoms with van der Waals surface area (Å²) in [4.78, 5) is 37.3. The van der Waals surface area contributed by atoms with E-state index in [0.29, 0.717) is 22.2 Å². The molecule has 9 heteroatoms. The molecule has 1 N–H and O–H groups in total. The van der Waals surface area contributed by atoms with Crippen LogP contribution in [0.15, 0.2) is 59.4 Å². The summed E-state index contributed by atoms with van der Waals surface area (Å²) in [6.07, 6.45) is 0. The number of ether oxygens (including phenoxy) is 1. The summed E-state index contributed by atoms with van der Waals surface area (Å²) < 4.78 is 7.99. The Labute approximate surface area is 183 Å². The molecule has 2 aromatic heterocycles. The van der Waals surface area contributed by atoms with Crippen LogP contribution in [0.3, 0.4) is 0 Å². The van der Waals surface area contributed by atoms with Gasteiger partial charge in [-0.2, -0.15) is 10.2 Å². The summed E-state index contributed by atoms with van der Waals surface area (Å²) in [6, 6.07) is 16.2. The molecule has 9 nitrogen and oxygen atoms in total. The molecule has 4 aromatic rings. The monoisotopic (exact) mass is 431 g/mol. The molecular weight excluding hydrogens is 410 g/mol. The van der Waals surface area contributed by atoms with E-state index in [1.807, 2.05) is 37.3 Å². The van der Waals surface area contributed by atoms with Gasteiger partial charge in [0.1, 0.15) is 0 Å². The van der Waals surface area contributed by atoms with E-state index in [1.165, 1.54) is 7.05 Å². The molecule has 0 atom stereocenters. The number of nitrogens with one attached hydrogen (secondary N) is 1. The van der Waals surface area contributed by atoms with Crippen LogP contribution in [0.1, 0.15) is 21.9 Å². The number of para-hydroxylation sites is 1. The van der Waals surface area contributed by atoms with Crippen molar-refractivity contribution >= 4 is 28.3 Å². The van der Waals surface area contributed by atoms with Gasteiger partial charge in [0.15, 0.2) is 12.3 Å². The Morgan fingerprint density at radius 3 is 2.34 bits per heavy atom. The highest BCUT2D eigenvalue weighted by Gasteiger charge is 2.20. The summed E-state index contributed by atoms with van der Waals surface area (Å²) in [5.41, 5.74) is 2.46. The fourth-order valence-corrected chi connectivity index (χ4v) is 3.47. The molecule has 0 aliphatic rings. The maximum Gasteiger partial charge on any atom is 0.359 e. The van der Waals surface area contributed by atoms with Gasteiger partial charge in [-0.05, 0) is 32.0 Å². The summed E-state index contributed by atoms with van der Waals surface area (Å²) >= 11 is 0. The molecule has 162 valence electrons. The van der Waals surface area contributed by atoms with Crippen molar-refractivity contribution < 1.29 is 14.3 Å². The predicted octanol–water partition coefficient (Wildman–Crippen LogP) is 2.53. The van der Waals surface area contributed by atoms with Crippen molar-refractivity contribution in [1.29, 1.82) is 0 Å². The number of fused-ring (bicyclic) bond motifs is 1. The molecular formula is C23H21N5O4. The number of nitrogens with zero attached hydrogens (tertiary/aromatic N) is 4. The second kappa shape index (κ2) is 8.46. The van der Waals surface area contributed by atoms with Crippen LogP contribution in [0.25, 0.3) is 16.5 Å². The minimum Gasteiger partial charge on any atom is -0.451 e. The van der Waals surface area contributed by atoms with Gasteiger partial charge in [0.25, 0.3) is 11.5 Å². The van der Waals surface area contributed by atoms with Crippen molar-refractivity contribution in [3.05, 3.63) is 82.0 Å². The Morgan fingerprint density at radius 1 is 0.969 bits per heavy atom. The number of amides is 1. The first-order valence-electron chi connectivity index (χ1n) is 9.91. The second-order valence-corrected chi connectivity index (χ2v) is 7.24. The van der Waals surface area contributed by atoms with E-state index in [0.717, 1.165) is 16.1 Å². The zero-order valence-electron chi connectivity index (χ0n) is 17.8. The first-order valence-corrected chi connectivity index (χ1v) is 9.91. The predicted molar refractivity (Wildman–Crippen MR) is 119 cm³/mol. The lowest BCUT2D eigenvalue weighted by Gasteiger charge is -2.09. The van der Waals surface area contributed by atoms with Crippen LogP contribution in [0.2, 0.25) is 0 Å². The highest BCUT2D eigenvalue weighted by molar-refractivity contribution is 6.03. The number of benzene rings is 2. The lowest BCUT2D eigenvalue weighted by atomic mass is 10.1. The molecule has 2 heterocycles. The number of esters is 1. The number of hydrogen-bond donors (Lipinski definition) is 1. The number of rotatable bonds is 5. The van der Waals surface area contributed by atoms with Gasteiger partial charge in [0, 0.05) is 12.4 Å². The molecule has 2 aromatic carbocycles. The molecule has 0 aliphatic carbocycles. The van der Waals surface area contributed by atoms with Crippen LogP contribution in [-0.4, -0.2) is 38.0 Å². The fourth-order valence-electron chi connectivity index (χ4n) is 3.47. The van der Waals surface area contributed by atoms with Crippen molar-refractivity contribution in [2.45, 2.75) is 13.8 Å². The van der Waals surface area contributed by atoms with Crippen molar-refractivity contribution in [2.24, 2.45) is 7.05 Å². The third kappa shape index (κ3) is 3.87. The molecule has 0 saturated carbocycles. The van der Waals surface area contributed by atoms with Crippen molar-refractivity contribution in [3.63, 3.8) is 0 Å². The molecule has 0 unspecified atom stereocenters. The van der Waals surface area contributed by atoms with Crippen LogP contribution >= 0.6 is 0 Å². The van der Waals surface area contributed by atoms with Gasteiger partial charge in [0.05, 0.1) is 28.1 Å². The molecule has 0 fully saturated rings. The zero-order valence-corrected chi connectivity index (χ0v) is 17.8. The van der Waals surface area contributed by atoms with Crippen LogP contribution in [0.5, 0.6) is 0 Å². The van der Waals surface area contributed by atoms with E-state index in [4.69, 9.17) is 4.74 Å². The average Bonchev–Trinajstić information content (AvgIpc) is 3.08. The third-order valence-electron chi connectivity index (χ3n) is 5.04. The highest BCUT2D eigenvalue weighted by Crippen LogP contribution is 2.22. The van der Waals surface area contributed by atoms with Gasteiger partial charge in [-0.1, -0.05) is 36.4 Å². The van der Waals surface area contributed by atoms with Crippen LogP contribution in [0, 0.1) is 13.8 Å². The maximum absolute atomic E-state index is 12.6. The van der Waals surface area contributed by atoms with Gasteiger partial charge in [-0.15, -0.1) is 0 Å². The summed E-state index contributed by atoms with van der Waals surface area (Å²) in [6.45, 7) is 3.12. The molecule has 1 amide bonds. The number of hydrogen-bond acceptors (Lipinski definition) is 6. The molecule has 0 aliphatic heterocycles. The Hall–Kier alpha value is -4.27. The standard InChI is InChI=1S/C23H21N5O4/c1-14-20(15(2)28(25-14)16-9-5-4-6-10-16)24-19(29)13-32-23(31)21-17-11-7-8-12-18(17)22(30)27(3)26-21/h4-12H,13H2,1-3H3,(H,24,29). The topological polar surface area (TPSA) is 108 Å². The highest BCUT2D eigenvalue weighted by atomic mass is 16.5. The third-order valence-corrected chi connectivity index (χ3v) is 5.04. The Morgan fingerprint density at radius 2 is 1.62 bits per heavy atom. The Balaban J connectivity index is 1.49. The zero-order chi connectivity index (χ0) is 22.8. The SMILES string of the molecule is Cc1nn(-c2ccccc2)c(C)c1NC(=O)COC(=O)c1nn(C)c(=O)c2ccccc12. The van der Waals surface area contributed by atoms with Crippen molar-refractivity contribution in [1.82, 2.24) is 19.6 Å². The second-order valence-electron chi connectivity index (χ2n) is 7.24. The maximum atomic E-state index is 12.6. The summed E-state index contributed by atoms with van der Waals surface area (Å²) in [5, 5.41) is 12.0. The summed E-state index contributed by atoms with van der Waals surface area (Å²) in [5.74, 6) is -1.30. The van der Waals surface area contributed by atoms with Gasteiger partial charge >= 0.3 is 5.97 Å². The number of carbonyl (C=O) groups is 2. The Kier molecular flexibility index (Phi) is 5.55. The molecule has 0 spiro atoms. The Bertz CT molecular complexity index is 1390. The van der Waals surface area contributed by atoms with E-state index in [9.17, 15) is 14.4 Å². The molecule has 32 heavy (non-hydrogen) atoms. The molecule has 0 radical (unpaired) electrons. The van der Waals surface area contributed by atoms with Crippen molar-refractivity contribution in [3.8, 4) is 5.69 Å². The molecule has 0 saturated heterocycles. The van der Waals surface area contributed by atoms with Gasteiger partial charge < -0.3 is 10.1 Å². The van der Waals surface area contributed by atoms with Gasteiger partial charge in [-0.3, -0.25) is 9.59 Å². The lowest BCUT2D eigenvalue weighted by Crippen LogP contribution is -2.26. The van der Waals surface area contributed by atoms with Gasteiger partial charge in [0.2, 0.25) is 0 Å². The van der Waals surface area contributed by atoms with Gasteiger partial charge in [-0.25, -0.2) is 14.2 Å². The van der Waals surface area contributed by atoms with E-state index in [-0.39, 0.29) is 11.3 Å². The van der Waals surface area contributed by atoms with Crippen LogP contribution in [-0.2, 0) is 16.6 Å². The first-order chi connectivity index (χ1) is 15.4. The van der Waals surface area contributed by atoms with Crippen LogP contribution < -0.4 is 10.9 Å². The minimum absolute atomic E-state index is 0.0280. The lowest BCUT2D eigenvalue weighted by molar-refractivity contribution is -0.119. The summed E-state index contributed by atoms with van der Waals surface area (Å²) in [7, 11) is 1.45. The quantitative estimate of drug-likeness (QED) is 0.487. The number of aryl methyl sites for hydroxylation is 2. The largest absolute Gasteiger partial charge is 0.451 e. The van der Waals surface area contributed by atoms with Crippen LogP contribution in [0.4, 0.5) is 5.69 Å². The number of aromatic nitrogens is 4. The van der Waals surface area contributed by atoms with Crippen molar-refractivity contribution in [2.75, 3.05) is 11.9 Å². The van der Waals surface area contributed by atoms with E-state index in [2.05, 4.69) is 15.5 Å². The minimum atomic E-state index is -0.791. The number of carbonyl (C=O) groups excluding carboxylic acids is 2. The van der Waals surface area contributed by atoms with E-state index in [1.54, 1.807) is 35.9 Å². The smallest absolute Gasteiger partial charge is 0.359 e. The normalized spacial score (nSPS) is 10.8. The fraction of sp³-hybridized carbons (Fsp3) is 0.174. The first kappa shape index (κ1) is 21.0. The molecule has 0 bridgehead atoms.